The zero-order chi connectivity index (χ0) is 20.1. The molecule has 1 heterocycles. The smallest absolute Gasteiger partial charge is 0.281 e. The molecule has 5 nitrogen and oxygen atoms in total. The zero-order valence-corrected chi connectivity index (χ0v) is 16.3. The van der Waals surface area contributed by atoms with E-state index in [1.165, 1.54) is 0 Å². The first-order valence-corrected chi connectivity index (χ1v) is 9.28. The third-order valence-electron chi connectivity index (χ3n) is 4.72. The number of nitrogens with zero attached hydrogens (tertiary/aromatic N) is 2. The summed E-state index contributed by atoms with van der Waals surface area (Å²) in [7, 11) is 0. The zero-order valence-electron chi connectivity index (χ0n) is 16.3. The lowest BCUT2D eigenvalue weighted by molar-refractivity contribution is -0.136. The van der Waals surface area contributed by atoms with Gasteiger partial charge in [-0.2, -0.15) is 5.10 Å². The second-order valence-electron chi connectivity index (χ2n) is 7.06. The third kappa shape index (κ3) is 3.89. The summed E-state index contributed by atoms with van der Waals surface area (Å²) in [6.07, 6.45) is 3.57. The lowest BCUT2D eigenvalue weighted by Gasteiger charge is -2.27. The fraction of sp³-hybridized carbons (Fsp3) is 0.217. The standard InChI is InChI=1S/C23H25N3O2/c1-17(2)26-16-19(14-18(26)3)15-24-25-22(27)23(28,20-10-6-4-7-11-20)21-12-8-5-9-13-21/h4-17,28H,1-3H3,(H,25,27)/b24-15-. The Balaban J connectivity index is 1.86. The molecule has 0 saturated carbocycles. The van der Waals surface area contributed by atoms with Gasteiger partial charge < -0.3 is 9.67 Å². The predicted molar refractivity (Wildman–Crippen MR) is 111 cm³/mol. The van der Waals surface area contributed by atoms with Crippen LogP contribution in [0.2, 0.25) is 0 Å². The number of carbonyl (C=O) groups is 1. The van der Waals surface area contributed by atoms with Crippen LogP contribution in [0.1, 0.15) is 42.3 Å². The van der Waals surface area contributed by atoms with Gasteiger partial charge in [-0.15, -0.1) is 0 Å². The van der Waals surface area contributed by atoms with Crippen LogP contribution in [0.25, 0.3) is 0 Å². The Kier molecular flexibility index (Phi) is 5.76. The van der Waals surface area contributed by atoms with Gasteiger partial charge in [0.25, 0.3) is 5.91 Å². The monoisotopic (exact) mass is 375 g/mol. The molecule has 0 unspecified atom stereocenters. The number of benzene rings is 2. The Labute approximate surface area is 165 Å². The van der Waals surface area contributed by atoms with Crippen LogP contribution in [0.5, 0.6) is 0 Å². The Morgan fingerprint density at radius 2 is 1.61 bits per heavy atom. The van der Waals surface area contributed by atoms with Gasteiger partial charge in [-0.1, -0.05) is 60.7 Å². The summed E-state index contributed by atoms with van der Waals surface area (Å²) in [4.78, 5) is 13.0. The van der Waals surface area contributed by atoms with E-state index in [0.717, 1.165) is 11.3 Å². The number of aliphatic hydroxyl groups is 1. The molecule has 0 radical (unpaired) electrons. The number of aryl methyl sites for hydroxylation is 1. The van der Waals surface area contributed by atoms with E-state index in [1.54, 1.807) is 54.7 Å². The molecule has 1 amide bonds. The van der Waals surface area contributed by atoms with Crippen LogP contribution in [0.4, 0.5) is 0 Å². The molecule has 2 aromatic carbocycles. The normalized spacial score (nSPS) is 11.9. The second-order valence-corrected chi connectivity index (χ2v) is 7.06. The van der Waals surface area contributed by atoms with Gasteiger partial charge in [0.2, 0.25) is 0 Å². The van der Waals surface area contributed by atoms with E-state index in [2.05, 4.69) is 28.9 Å². The molecule has 3 rings (SSSR count). The van der Waals surface area contributed by atoms with E-state index < -0.39 is 11.5 Å². The minimum atomic E-state index is -1.83. The van der Waals surface area contributed by atoms with Crippen molar-refractivity contribution in [3.05, 3.63) is 95.3 Å². The predicted octanol–water partition coefficient (Wildman–Crippen LogP) is 3.76. The van der Waals surface area contributed by atoms with Crippen LogP contribution in [0, 0.1) is 6.92 Å². The van der Waals surface area contributed by atoms with E-state index in [0.29, 0.717) is 17.2 Å². The quantitative estimate of drug-likeness (QED) is 0.509. The summed E-state index contributed by atoms with van der Waals surface area (Å²) in [6, 6.07) is 20.1. The maximum Gasteiger partial charge on any atom is 0.281 e. The van der Waals surface area contributed by atoms with Crippen molar-refractivity contribution in [2.24, 2.45) is 5.10 Å². The second kappa shape index (κ2) is 8.23. The van der Waals surface area contributed by atoms with Crippen LogP contribution in [-0.4, -0.2) is 21.8 Å². The van der Waals surface area contributed by atoms with Gasteiger partial charge in [-0.25, -0.2) is 5.43 Å². The van der Waals surface area contributed by atoms with E-state index >= 15 is 0 Å². The molecule has 0 aliphatic rings. The summed E-state index contributed by atoms with van der Waals surface area (Å²) in [5, 5.41) is 15.4. The number of rotatable bonds is 6. The molecule has 3 aromatic rings. The highest BCUT2D eigenvalue weighted by Gasteiger charge is 2.39. The number of hydrogen-bond donors (Lipinski definition) is 2. The van der Waals surface area contributed by atoms with Gasteiger partial charge >= 0.3 is 0 Å². The molecule has 2 N–H and O–H groups in total. The van der Waals surface area contributed by atoms with Crippen molar-refractivity contribution in [1.29, 1.82) is 0 Å². The summed E-state index contributed by atoms with van der Waals surface area (Å²) < 4.78 is 2.13. The minimum absolute atomic E-state index is 0.345. The third-order valence-corrected chi connectivity index (χ3v) is 4.72. The molecule has 0 aliphatic heterocycles. The number of nitrogens with one attached hydrogen (secondary N) is 1. The highest BCUT2D eigenvalue weighted by molar-refractivity contribution is 5.91. The van der Waals surface area contributed by atoms with Crippen molar-refractivity contribution < 1.29 is 9.90 Å². The summed E-state index contributed by atoms with van der Waals surface area (Å²) in [5.74, 6) is -0.610. The first-order valence-electron chi connectivity index (χ1n) is 9.28. The first-order chi connectivity index (χ1) is 13.4. The Hall–Kier alpha value is -3.18. The number of hydrogen-bond acceptors (Lipinski definition) is 3. The topological polar surface area (TPSA) is 66.6 Å². The molecule has 0 fully saturated rings. The van der Waals surface area contributed by atoms with Crippen molar-refractivity contribution >= 4 is 12.1 Å². The van der Waals surface area contributed by atoms with E-state index in [-0.39, 0.29) is 0 Å². The summed E-state index contributed by atoms with van der Waals surface area (Å²) >= 11 is 0. The number of hydrazone groups is 1. The average molecular weight is 375 g/mol. The van der Waals surface area contributed by atoms with Crippen LogP contribution in [-0.2, 0) is 10.4 Å². The van der Waals surface area contributed by atoms with Gasteiger partial charge in [0.15, 0.2) is 5.60 Å². The Morgan fingerprint density at radius 3 is 2.07 bits per heavy atom. The Bertz CT molecular complexity index is 921. The first kappa shape index (κ1) is 19.6. The van der Waals surface area contributed by atoms with Crippen molar-refractivity contribution in [2.75, 3.05) is 0 Å². The van der Waals surface area contributed by atoms with Crippen LogP contribution >= 0.6 is 0 Å². The van der Waals surface area contributed by atoms with E-state index in [4.69, 9.17) is 0 Å². The molecular weight excluding hydrogens is 350 g/mol. The molecule has 0 atom stereocenters. The van der Waals surface area contributed by atoms with Gasteiger partial charge in [-0.3, -0.25) is 4.79 Å². The lowest BCUT2D eigenvalue weighted by Crippen LogP contribution is -2.43. The van der Waals surface area contributed by atoms with Gasteiger partial charge in [0.05, 0.1) is 6.21 Å². The van der Waals surface area contributed by atoms with Crippen LogP contribution < -0.4 is 5.43 Å². The number of amides is 1. The fourth-order valence-corrected chi connectivity index (χ4v) is 3.28. The van der Waals surface area contributed by atoms with Crippen molar-refractivity contribution in [2.45, 2.75) is 32.4 Å². The number of aromatic nitrogens is 1. The van der Waals surface area contributed by atoms with Crippen LogP contribution in [0.15, 0.2) is 78.0 Å². The van der Waals surface area contributed by atoms with Crippen molar-refractivity contribution in [3.8, 4) is 0 Å². The molecule has 0 spiro atoms. The van der Waals surface area contributed by atoms with Gasteiger partial charge in [-0.05, 0) is 38.0 Å². The van der Waals surface area contributed by atoms with Crippen LogP contribution in [0.3, 0.4) is 0 Å². The average Bonchev–Trinajstić information content (AvgIpc) is 3.09. The van der Waals surface area contributed by atoms with Gasteiger partial charge in [0, 0.05) is 23.5 Å². The summed E-state index contributed by atoms with van der Waals surface area (Å²) in [5.41, 5.74) is 3.63. The highest BCUT2D eigenvalue weighted by Crippen LogP contribution is 2.29. The minimum Gasteiger partial charge on any atom is -0.372 e. The molecule has 1 aromatic heterocycles. The molecule has 0 saturated heterocycles. The van der Waals surface area contributed by atoms with E-state index in [9.17, 15) is 9.90 Å². The molecular formula is C23H25N3O2. The maximum atomic E-state index is 13.0. The number of carbonyl (C=O) groups excluding carboxylic acids is 1. The molecule has 28 heavy (non-hydrogen) atoms. The van der Waals surface area contributed by atoms with Crippen molar-refractivity contribution in [1.82, 2.24) is 9.99 Å². The molecule has 0 bridgehead atoms. The highest BCUT2D eigenvalue weighted by atomic mass is 16.3. The maximum absolute atomic E-state index is 13.0. The fourth-order valence-electron chi connectivity index (χ4n) is 3.28. The van der Waals surface area contributed by atoms with Gasteiger partial charge in [0.1, 0.15) is 0 Å². The molecule has 144 valence electrons. The molecule has 0 aliphatic carbocycles. The summed E-state index contributed by atoms with van der Waals surface area (Å²) in [6.45, 7) is 6.24. The Morgan fingerprint density at radius 1 is 1.07 bits per heavy atom. The van der Waals surface area contributed by atoms with E-state index in [1.807, 2.05) is 31.3 Å². The SMILES string of the molecule is Cc1cc(/C=N\NC(=O)C(O)(c2ccccc2)c2ccccc2)cn1C(C)C. The molecule has 5 heteroatoms. The largest absolute Gasteiger partial charge is 0.372 e. The lowest BCUT2D eigenvalue weighted by atomic mass is 9.85. The van der Waals surface area contributed by atoms with Crippen molar-refractivity contribution in [3.63, 3.8) is 0 Å².